The van der Waals surface area contributed by atoms with Crippen LogP contribution < -0.4 is 5.01 Å². The van der Waals surface area contributed by atoms with Gasteiger partial charge >= 0.3 is 0 Å². The Balaban J connectivity index is 1.78. The Bertz CT molecular complexity index is 1270. The van der Waals surface area contributed by atoms with Crippen molar-refractivity contribution in [3.05, 3.63) is 99.6 Å². The molecule has 3 heterocycles. The number of aromatic nitrogens is 4. The Labute approximate surface area is 183 Å². The summed E-state index contributed by atoms with van der Waals surface area (Å²) in [6.45, 7) is 2.39. The van der Waals surface area contributed by atoms with Crippen LogP contribution in [0, 0.1) is 6.92 Å². The van der Waals surface area contributed by atoms with Crippen LogP contribution in [0.25, 0.3) is 5.69 Å². The molecule has 5 rings (SSSR count). The lowest BCUT2D eigenvalue weighted by Gasteiger charge is -2.17. The molecule has 8 heteroatoms. The third-order valence-corrected chi connectivity index (χ3v) is 5.46. The number of rotatable bonds is 3. The van der Waals surface area contributed by atoms with Gasteiger partial charge in [0.2, 0.25) is 0 Å². The number of pyridine rings is 1. The number of hydrogen-bond acceptors (Lipinski definition) is 5. The van der Waals surface area contributed by atoms with Crippen molar-refractivity contribution < 1.29 is 0 Å². The zero-order valence-electron chi connectivity index (χ0n) is 16.0. The monoisotopic (exact) mass is 434 g/mol. The molecule has 0 amide bonds. The van der Waals surface area contributed by atoms with Crippen LogP contribution in [-0.4, -0.2) is 25.5 Å². The van der Waals surface area contributed by atoms with E-state index >= 15 is 0 Å². The summed E-state index contributed by atoms with van der Waals surface area (Å²) in [5, 5.41) is 16.7. The van der Waals surface area contributed by atoms with Crippen molar-refractivity contribution >= 4 is 34.9 Å². The first-order valence-electron chi connectivity index (χ1n) is 9.34. The smallest absolute Gasteiger partial charge is 0.252 e. The molecule has 0 unspecified atom stereocenters. The maximum atomic E-state index is 6.56. The Morgan fingerprint density at radius 1 is 0.933 bits per heavy atom. The van der Waals surface area contributed by atoms with E-state index in [1.54, 1.807) is 6.20 Å². The standard InChI is InChI=1S/C22H16Cl2N6/c1-14-26-27-22-29(13-15-5-4-10-25-12-15)28-21(17-6-2-3-7-19(17)24)18-11-16(23)8-9-20(18)30(14)22/h2-12H,13H2,1H3. The van der Waals surface area contributed by atoms with Gasteiger partial charge in [-0.05, 0) is 42.8 Å². The molecular weight excluding hydrogens is 419 g/mol. The summed E-state index contributed by atoms with van der Waals surface area (Å²) in [5.41, 5.74) is 4.27. The van der Waals surface area contributed by atoms with E-state index in [-0.39, 0.29) is 0 Å². The average Bonchev–Trinajstić information content (AvgIpc) is 3.07. The van der Waals surface area contributed by atoms with Crippen LogP contribution in [0.5, 0.6) is 0 Å². The third kappa shape index (κ3) is 3.24. The van der Waals surface area contributed by atoms with E-state index in [1.807, 2.05) is 77.3 Å². The minimum Gasteiger partial charge on any atom is -0.264 e. The maximum absolute atomic E-state index is 6.56. The molecular formula is C22H16Cl2N6. The molecule has 2 aromatic carbocycles. The molecule has 1 aliphatic heterocycles. The Hall–Kier alpha value is -3.22. The second-order valence-corrected chi connectivity index (χ2v) is 7.74. The molecule has 0 fully saturated rings. The molecule has 0 atom stereocenters. The fraction of sp³-hybridized carbons (Fsp3) is 0.0909. The van der Waals surface area contributed by atoms with Gasteiger partial charge in [-0.15, -0.1) is 10.2 Å². The quantitative estimate of drug-likeness (QED) is 0.452. The Morgan fingerprint density at radius 3 is 2.60 bits per heavy atom. The van der Waals surface area contributed by atoms with Gasteiger partial charge in [-0.1, -0.05) is 47.5 Å². The van der Waals surface area contributed by atoms with Gasteiger partial charge in [0.25, 0.3) is 5.95 Å². The van der Waals surface area contributed by atoms with Gasteiger partial charge in [0.1, 0.15) is 11.5 Å². The van der Waals surface area contributed by atoms with Crippen molar-refractivity contribution in [3.8, 4) is 5.69 Å². The predicted octanol–water partition coefficient (Wildman–Crippen LogP) is 5.05. The summed E-state index contributed by atoms with van der Waals surface area (Å²) in [6, 6.07) is 17.2. The van der Waals surface area contributed by atoms with Crippen LogP contribution in [0.4, 0.5) is 5.95 Å². The second kappa shape index (κ2) is 7.55. The molecule has 0 saturated heterocycles. The number of hydrogen-bond donors (Lipinski definition) is 0. The van der Waals surface area contributed by atoms with Crippen LogP contribution in [-0.2, 0) is 6.54 Å². The predicted molar refractivity (Wildman–Crippen MR) is 119 cm³/mol. The Morgan fingerprint density at radius 2 is 1.80 bits per heavy atom. The molecule has 4 aromatic rings. The molecule has 2 aromatic heterocycles. The molecule has 0 saturated carbocycles. The molecule has 0 spiro atoms. The highest BCUT2D eigenvalue weighted by Gasteiger charge is 2.27. The first-order valence-corrected chi connectivity index (χ1v) is 10.1. The van der Waals surface area contributed by atoms with Gasteiger partial charge in [0, 0.05) is 28.5 Å². The zero-order valence-corrected chi connectivity index (χ0v) is 17.5. The highest BCUT2D eigenvalue weighted by molar-refractivity contribution is 6.36. The van der Waals surface area contributed by atoms with E-state index in [9.17, 15) is 0 Å². The molecule has 0 N–H and O–H groups in total. The summed E-state index contributed by atoms with van der Waals surface area (Å²) in [5.74, 6) is 1.36. The van der Waals surface area contributed by atoms with Gasteiger partial charge in [-0.3, -0.25) is 9.55 Å². The van der Waals surface area contributed by atoms with Crippen molar-refractivity contribution in [2.45, 2.75) is 13.5 Å². The van der Waals surface area contributed by atoms with Crippen molar-refractivity contribution in [3.63, 3.8) is 0 Å². The van der Waals surface area contributed by atoms with E-state index in [4.69, 9.17) is 28.3 Å². The molecule has 0 bridgehead atoms. The zero-order chi connectivity index (χ0) is 20.7. The van der Waals surface area contributed by atoms with E-state index in [0.29, 0.717) is 28.3 Å². The number of aryl methyl sites for hydroxylation is 1. The van der Waals surface area contributed by atoms with E-state index in [1.165, 1.54) is 0 Å². The molecule has 0 radical (unpaired) electrons. The number of anilines is 1. The van der Waals surface area contributed by atoms with Crippen LogP contribution in [0.2, 0.25) is 10.0 Å². The lowest BCUT2D eigenvalue weighted by Crippen LogP contribution is -2.20. The number of benzene rings is 2. The fourth-order valence-electron chi connectivity index (χ4n) is 3.54. The lowest BCUT2D eigenvalue weighted by atomic mass is 10.0. The summed E-state index contributed by atoms with van der Waals surface area (Å²) in [6.07, 6.45) is 3.56. The minimum absolute atomic E-state index is 0.474. The normalized spacial score (nSPS) is 12.8. The second-order valence-electron chi connectivity index (χ2n) is 6.89. The number of nitrogens with zero attached hydrogens (tertiary/aromatic N) is 6. The largest absolute Gasteiger partial charge is 0.264 e. The van der Waals surface area contributed by atoms with Crippen LogP contribution in [0.1, 0.15) is 22.5 Å². The van der Waals surface area contributed by atoms with Crippen molar-refractivity contribution in [1.29, 1.82) is 0 Å². The number of halogens is 2. The van der Waals surface area contributed by atoms with Crippen molar-refractivity contribution in [2.24, 2.45) is 5.10 Å². The van der Waals surface area contributed by atoms with Gasteiger partial charge in [0.15, 0.2) is 0 Å². The van der Waals surface area contributed by atoms with Gasteiger partial charge in [0.05, 0.1) is 17.3 Å². The highest BCUT2D eigenvalue weighted by Crippen LogP contribution is 2.33. The number of hydrazone groups is 1. The van der Waals surface area contributed by atoms with Crippen molar-refractivity contribution in [2.75, 3.05) is 5.01 Å². The van der Waals surface area contributed by atoms with Gasteiger partial charge in [-0.2, -0.15) is 5.10 Å². The Kier molecular flexibility index (Phi) is 4.73. The van der Waals surface area contributed by atoms with Gasteiger partial charge in [-0.25, -0.2) is 5.01 Å². The van der Waals surface area contributed by atoms with Crippen LogP contribution >= 0.6 is 23.2 Å². The molecule has 30 heavy (non-hydrogen) atoms. The fourth-order valence-corrected chi connectivity index (χ4v) is 3.93. The summed E-state index contributed by atoms with van der Waals surface area (Å²) in [4.78, 5) is 4.22. The highest BCUT2D eigenvalue weighted by atomic mass is 35.5. The molecule has 148 valence electrons. The van der Waals surface area contributed by atoms with E-state index in [2.05, 4.69) is 15.2 Å². The topological polar surface area (TPSA) is 59.2 Å². The first-order chi connectivity index (χ1) is 14.6. The summed E-state index contributed by atoms with van der Waals surface area (Å²) < 4.78 is 1.98. The average molecular weight is 435 g/mol. The third-order valence-electron chi connectivity index (χ3n) is 4.90. The maximum Gasteiger partial charge on any atom is 0.252 e. The van der Waals surface area contributed by atoms with Gasteiger partial charge < -0.3 is 0 Å². The van der Waals surface area contributed by atoms with Crippen LogP contribution in [0.3, 0.4) is 0 Å². The molecule has 1 aliphatic rings. The SMILES string of the molecule is Cc1nnc2n1-c1ccc(Cl)cc1C(c1ccccc1Cl)=NN2Cc1cccnc1. The summed E-state index contributed by atoms with van der Waals surface area (Å²) in [7, 11) is 0. The molecule has 0 aliphatic carbocycles. The first kappa shape index (κ1) is 18.8. The van der Waals surface area contributed by atoms with E-state index < -0.39 is 0 Å². The molecule has 6 nitrogen and oxygen atoms in total. The minimum atomic E-state index is 0.474. The van der Waals surface area contributed by atoms with Crippen LogP contribution in [0.15, 0.2) is 72.1 Å². The van der Waals surface area contributed by atoms with Crippen molar-refractivity contribution in [1.82, 2.24) is 19.7 Å². The summed E-state index contributed by atoms with van der Waals surface area (Å²) >= 11 is 12.9. The van der Waals surface area contributed by atoms with E-state index in [0.717, 1.165) is 28.2 Å². The number of fused-ring (bicyclic) bond motifs is 3. The lowest BCUT2D eigenvalue weighted by molar-refractivity contribution is 0.793.